The second kappa shape index (κ2) is 9.48. The number of hydrogen-bond acceptors (Lipinski definition) is 5. The summed E-state index contributed by atoms with van der Waals surface area (Å²) < 4.78 is 40.8. The van der Waals surface area contributed by atoms with Gasteiger partial charge in [0.05, 0.1) is 18.2 Å². The Morgan fingerprint density at radius 2 is 1.85 bits per heavy atom. The first kappa shape index (κ1) is 23.2. The normalized spacial score (nSPS) is 11.2. The van der Waals surface area contributed by atoms with Crippen molar-refractivity contribution in [1.82, 2.24) is 9.47 Å². The predicted octanol–water partition coefficient (Wildman–Crippen LogP) is 4.36. The van der Waals surface area contributed by atoms with Crippen LogP contribution >= 0.6 is 0 Å². The van der Waals surface area contributed by atoms with Crippen molar-refractivity contribution < 1.29 is 22.7 Å². The predicted molar refractivity (Wildman–Crippen MR) is 125 cm³/mol. The number of rotatable bonds is 7. The number of methoxy groups -OCH3 is 1. The number of fused-ring (bicyclic) bond motifs is 1. The van der Waals surface area contributed by atoms with Gasteiger partial charge in [0, 0.05) is 30.4 Å². The van der Waals surface area contributed by atoms with Crippen LogP contribution in [-0.2, 0) is 6.54 Å². The van der Waals surface area contributed by atoms with Crippen LogP contribution in [0.4, 0.5) is 14.5 Å². The lowest BCUT2D eigenvalue weighted by Crippen LogP contribution is -2.23. The number of nitrogens with one attached hydrogen (secondary N) is 1. The van der Waals surface area contributed by atoms with Gasteiger partial charge in [-0.05, 0) is 62.1 Å². The van der Waals surface area contributed by atoms with Crippen LogP contribution in [0.1, 0.15) is 10.4 Å². The molecule has 0 atom stereocenters. The third kappa shape index (κ3) is 4.69. The first-order valence-electron chi connectivity index (χ1n) is 10.5. The molecule has 0 saturated heterocycles. The SMILES string of the molecule is COc1ccc(-c2ccc(C(=O)Nc3ccc4oc(=O)n(CCN(C)C)c4c3)c(F)c2)c(F)c1. The number of nitrogens with zero attached hydrogens (tertiary/aromatic N) is 2. The fourth-order valence-corrected chi connectivity index (χ4v) is 3.57. The zero-order valence-electron chi connectivity index (χ0n) is 18.9. The first-order chi connectivity index (χ1) is 16.3. The molecule has 0 aliphatic carbocycles. The molecule has 0 aliphatic heterocycles. The number of likely N-dealkylation sites (N-methyl/N-ethyl adjacent to an activating group) is 1. The average molecular weight is 467 g/mol. The highest BCUT2D eigenvalue weighted by atomic mass is 19.1. The smallest absolute Gasteiger partial charge is 0.419 e. The van der Waals surface area contributed by atoms with Crippen molar-refractivity contribution in [3.8, 4) is 16.9 Å². The summed E-state index contributed by atoms with van der Waals surface area (Å²) >= 11 is 0. The molecule has 0 fully saturated rings. The van der Waals surface area contributed by atoms with Gasteiger partial charge in [-0.15, -0.1) is 0 Å². The van der Waals surface area contributed by atoms with E-state index in [1.165, 1.54) is 35.9 Å². The van der Waals surface area contributed by atoms with Crippen molar-refractivity contribution in [1.29, 1.82) is 0 Å². The molecular weight excluding hydrogens is 444 g/mol. The minimum absolute atomic E-state index is 0.188. The minimum Gasteiger partial charge on any atom is -0.497 e. The van der Waals surface area contributed by atoms with E-state index in [1.54, 1.807) is 24.3 Å². The van der Waals surface area contributed by atoms with Gasteiger partial charge in [-0.3, -0.25) is 9.36 Å². The number of ether oxygens (including phenoxy) is 1. The molecule has 1 N–H and O–H groups in total. The first-order valence-corrected chi connectivity index (χ1v) is 10.5. The molecule has 0 bridgehead atoms. The minimum atomic E-state index is -0.794. The van der Waals surface area contributed by atoms with E-state index in [2.05, 4.69) is 5.32 Å². The van der Waals surface area contributed by atoms with Crippen LogP contribution in [0.2, 0.25) is 0 Å². The van der Waals surface area contributed by atoms with Crippen LogP contribution in [0, 0.1) is 11.6 Å². The molecule has 7 nitrogen and oxygen atoms in total. The molecule has 34 heavy (non-hydrogen) atoms. The number of anilines is 1. The molecule has 0 spiro atoms. The summed E-state index contributed by atoms with van der Waals surface area (Å²) in [6.07, 6.45) is 0. The number of oxazole rings is 1. The molecule has 0 saturated carbocycles. The maximum Gasteiger partial charge on any atom is 0.419 e. The highest BCUT2D eigenvalue weighted by Crippen LogP contribution is 2.28. The van der Waals surface area contributed by atoms with Gasteiger partial charge in [-0.25, -0.2) is 13.6 Å². The van der Waals surface area contributed by atoms with Crippen LogP contribution in [0.25, 0.3) is 22.2 Å². The Balaban J connectivity index is 1.58. The van der Waals surface area contributed by atoms with Gasteiger partial charge < -0.3 is 19.4 Å². The molecule has 1 amide bonds. The third-order valence-corrected chi connectivity index (χ3v) is 5.40. The molecule has 0 unspecified atom stereocenters. The van der Waals surface area contributed by atoms with Crippen molar-refractivity contribution in [3.63, 3.8) is 0 Å². The molecule has 1 heterocycles. The van der Waals surface area contributed by atoms with Crippen molar-refractivity contribution in [2.75, 3.05) is 33.1 Å². The van der Waals surface area contributed by atoms with E-state index < -0.39 is 23.3 Å². The Morgan fingerprint density at radius 3 is 2.53 bits per heavy atom. The molecule has 9 heteroatoms. The molecule has 176 valence electrons. The summed E-state index contributed by atoms with van der Waals surface area (Å²) in [7, 11) is 5.21. The Kier molecular flexibility index (Phi) is 6.47. The van der Waals surface area contributed by atoms with Gasteiger partial charge in [0.15, 0.2) is 5.58 Å². The Labute approximate surface area is 194 Å². The van der Waals surface area contributed by atoms with Crippen LogP contribution in [0.15, 0.2) is 63.8 Å². The summed E-state index contributed by atoms with van der Waals surface area (Å²) in [6.45, 7) is 1.03. The molecule has 0 aliphatic rings. The third-order valence-electron chi connectivity index (χ3n) is 5.40. The van der Waals surface area contributed by atoms with Crippen molar-refractivity contribution in [2.45, 2.75) is 6.54 Å². The van der Waals surface area contributed by atoms with E-state index in [-0.39, 0.29) is 11.1 Å². The van der Waals surface area contributed by atoms with Gasteiger partial charge >= 0.3 is 5.76 Å². The highest BCUT2D eigenvalue weighted by molar-refractivity contribution is 6.05. The topological polar surface area (TPSA) is 76.7 Å². The van der Waals surface area contributed by atoms with E-state index in [0.717, 1.165) is 6.07 Å². The van der Waals surface area contributed by atoms with Crippen molar-refractivity contribution >= 4 is 22.7 Å². The fourth-order valence-electron chi connectivity index (χ4n) is 3.57. The second-order valence-corrected chi connectivity index (χ2v) is 8.00. The second-order valence-electron chi connectivity index (χ2n) is 8.00. The molecule has 4 aromatic rings. The van der Waals surface area contributed by atoms with Gasteiger partial charge in [0.25, 0.3) is 5.91 Å². The Morgan fingerprint density at radius 1 is 1.06 bits per heavy atom. The van der Waals surface area contributed by atoms with Crippen LogP contribution in [0.5, 0.6) is 5.75 Å². The summed E-state index contributed by atoms with van der Waals surface area (Å²) in [5.74, 6) is -2.18. The number of aromatic nitrogens is 1. The maximum absolute atomic E-state index is 14.8. The molecule has 4 rings (SSSR count). The van der Waals surface area contributed by atoms with E-state index >= 15 is 0 Å². The molecule has 1 aromatic heterocycles. The van der Waals surface area contributed by atoms with E-state index in [4.69, 9.17) is 9.15 Å². The van der Waals surface area contributed by atoms with E-state index in [1.807, 2.05) is 19.0 Å². The van der Waals surface area contributed by atoms with Gasteiger partial charge in [-0.2, -0.15) is 0 Å². The van der Waals surface area contributed by atoms with E-state index in [9.17, 15) is 18.4 Å². The number of amides is 1. The molecule has 0 radical (unpaired) electrons. The fraction of sp³-hybridized carbons (Fsp3) is 0.200. The number of carbonyl (C=O) groups excluding carboxylic acids is 1. The zero-order valence-corrected chi connectivity index (χ0v) is 18.9. The summed E-state index contributed by atoms with van der Waals surface area (Å²) in [4.78, 5) is 26.8. The van der Waals surface area contributed by atoms with Gasteiger partial charge in [0.2, 0.25) is 0 Å². The van der Waals surface area contributed by atoms with Crippen molar-refractivity contribution in [2.24, 2.45) is 0 Å². The Bertz CT molecular complexity index is 1430. The monoisotopic (exact) mass is 467 g/mol. The number of benzene rings is 3. The average Bonchev–Trinajstić information content (AvgIpc) is 3.11. The van der Waals surface area contributed by atoms with Gasteiger partial charge in [0.1, 0.15) is 17.4 Å². The summed E-state index contributed by atoms with van der Waals surface area (Å²) in [5.41, 5.74) is 1.57. The lowest BCUT2D eigenvalue weighted by Gasteiger charge is -2.11. The summed E-state index contributed by atoms with van der Waals surface area (Å²) in [6, 6.07) is 12.9. The molecule has 3 aromatic carbocycles. The molecular formula is C25H23F2N3O4. The van der Waals surface area contributed by atoms with Crippen molar-refractivity contribution in [3.05, 3.63) is 82.3 Å². The zero-order chi connectivity index (χ0) is 24.4. The Hall–Kier alpha value is -3.98. The van der Waals surface area contributed by atoms with Crippen LogP contribution in [-0.4, -0.2) is 43.1 Å². The van der Waals surface area contributed by atoms with E-state index in [0.29, 0.717) is 41.2 Å². The largest absolute Gasteiger partial charge is 0.497 e. The lowest BCUT2D eigenvalue weighted by molar-refractivity contribution is 0.102. The van der Waals surface area contributed by atoms with Crippen LogP contribution < -0.4 is 15.8 Å². The number of halogens is 2. The van der Waals surface area contributed by atoms with Crippen LogP contribution in [0.3, 0.4) is 0 Å². The summed E-state index contributed by atoms with van der Waals surface area (Å²) in [5, 5.41) is 2.64. The highest BCUT2D eigenvalue weighted by Gasteiger charge is 2.16. The number of carbonyl (C=O) groups is 1. The van der Waals surface area contributed by atoms with Gasteiger partial charge in [-0.1, -0.05) is 6.07 Å². The lowest BCUT2D eigenvalue weighted by atomic mass is 10.0. The number of hydrogen-bond donors (Lipinski definition) is 1. The standard InChI is InChI=1S/C25H23F2N3O4/c1-29(2)10-11-30-22-13-16(5-9-23(22)34-25(30)32)28-24(31)19-7-4-15(12-20(19)26)18-8-6-17(33-3)14-21(18)27/h4-9,12-14H,10-11H2,1-3H3,(H,28,31). The maximum atomic E-state index is 14.8. The quantitative estimate of drug-likeness (QED) is 0.437.